The molecule has 2 aromatic carbocycles. The summed E-state index contributed by atoms with van der Waals surface area (Å²) in [5.74, 6) is -0.813. The Labute approximate surface area is 154 Å². The quantitative estimate of drug-likeness (QED) is 0.592. The number of amides is 1. The number of fused-ring (bicyclic) bond motifs is 1. The molecule has 1 N–H and O–H groups in total. The van der Waals surface area contributed by atoms with Gasteiger partial charge in [0.2, 0.25) is 5.91 Å². The zero-order chi connectivity index (χ0) is 18.8. The third kappa shape index (κ3) is 3.27. The summed E-state index contributed by atoms with van der Waals surface area (Å²) in [6, 6.07) is 16.1. The standard InChI is InChI=1S/C20H18N4O3/c1-14(24-17-9-5-6-10-18(17)27-20(24)26)19(25)21-11-15-12-22-23(13-15)16-7-3-2-4-8-16/h2-10,12-14H,11H2,1H3,(H,21,25). The summed E-state index contributed by atoms with van der Waals surface area (Å²) in [6.45, 7) is 1.99. The summed E-state index contributed by atoms with van der Waals surface area (Å²) < 4.78 is 8.31. The number of hydrogen-bond acceptors (Lipinski definition) is 4. The van der Waals surface area contributed by atoms with Gasteiger partial charge in [-0.25, -0.2) is 9.48 Å². The Balaban J connectivity index is 1.47. The van der Waals surface area contributed by atoms with E-state index in [1.807, 2.05) is 36.5 Å². The van der Waals surface area contributed by atoms with Crippen LogP contribution in [0.3, 0.4) is 0 Å². The van der Waals surface area contributed by atoms with E-state index in [1.54, 1.807) is 42.1 Å². The topological polar surface area (TPSA) is 82.1 Å². The molecule has 0 spiro atoms. The molecule has 4 rings (SSSR count). The van der Waals surface area contributed by atoms with Crippen molar-refractivity contribution in [1.29, 1.82) is 0 Å². The second kappa shape index (κ2) is 6.95. The average molecular weight is 362 g/mol. The fourth-order valence-corrected chi connectivity index (χ4v) is 2.98. The van der Waals surface area contributed by atoms with Gasteiger partial charge in [-0.2, -0.15) is 5.10 Å². The first kappa shape index (κ1) is 16.8. The molecule has 2 heterocycles. The number of carbonyl (C=O) groups is 1. The minimum atomic E-state index is -0.690. The lowest BCUT2D eigenvalue weighted by Crippen LogP contribution is -2.34. The van der Waals surface area contributed by atoms with Gasteiger partial charge in [-0.3, -0.25) is 9.36 Å². The van der Waals surface area contributed by atoms with Crippen LogP contribution in [0, 0.1) is 0 Å². The van der Waals surface area contributed by atoms with Crippen molar-refractivity contribution in [3.63, 3.8) is 0 Å². The Kier molecular flexibility index (Phi) is 4.33. The molecule has 7 heteroatoms. The first-order valence-electron chi connectivity index (χ1n) is 8.60. The van der Waals surface area contributed by atoms with Crippen LogP contribution in [0.1, 0.15) is 18.5 Å². The van der Waals surface area contributed by atoms with Crippen LogP contribution >= 0.6 is 0 Å². The molecule has 0 aliphatic carbocycles. The number of nitrogens with zero attached hydrogens (tertiary/aromatic N) is 3. The van der Waals surface area contributed by atoms with Gasteiger partial charge in [-0.15, -0.1) is 0 Å². The van der Waals surface area contributed by atoms with Crippen LogP contribution in [0.2, 0.25) is 0 Å². The van der Waals surface area contributed by atoms with Gasteiger partial charge in [0.05, 0.1) is 17.4 Å². The molecule has 1 atom stereocenters. The van der Waals surface area contributed by atoms with E-state index >= 15 is 0 Å². The highest BCUT2D eigenvalue weighted by Gasteiger charge is 2.21. The van der Waals surface area contributed by atoms with Gasteiger partial charge in [-0.1, -0.05) is 30.3 Å². The maximum atomic E-state index is 12.5. The van der Waals surface area contributed by atoms with Crippen molar-refractivity contribution in [2.45, 2.75) is 19.5 Å². The maximum Gasteiger partial charge on any atom is 0.420 e. The molecule has 0 saturated carbocycles. The Morgan fingerprint density at radius 3 is 2.70 bits per heavy atom. The largest absolute Gasteiger partial charge is 0.420 e. The molecular weight excluding hydrogens is 344 g/mol. The lowest BCUT2D eigenvalue weighted by molar-refractivity contribution is -0.124. The van der Waals surface area contributed by atoms with E-state index in [9.17, 15) is 9.59 Å². The summed E-state index contributed by atoms with van der Waals surface area (Å²) >= 11 is 0. The molecule has 2 aromatic heterocycles. The highest BCUT2D eigenvalue weighted by molar-refractivity contribution is 5.82. The van der Waals surface area contributed by atoms with Crippen LogP contribution in [0.15, 0.2) is 76.2 Å². The monoisotopic (exact) mass is 362 g/mol. The third-order valence-corrected chi connectivity index (χ3v) is 4.41. The number of carbonyl (C=O) groups excluding carboxylic acids is 1. The van der Waals surface area contributed by atoms with E-state index in [0.29, 0.717) is 17.6 Å². The summed E-state index contributed by atoms with van der Waals surface area (Å²) in [5, 5.41) is 7.16. The molecule has 4 aromatic rings. The molecular formula is C20H18N4O3. The number of oxazole rings is 1. The average Bonchev–Trinajstić information content (AvgIpc) is 3.30. The highest BCUT2D eigenvalue weighted by atomic mass is 16.4. The van der Waals surface area contributed by atoms with Gasteiger partial charge in [0.1, 0.15) is 6.04 Å². The number of hydrogen-bond donors (Lipinski definition) is 1. The smallest absolute Gasteiger partial charge is 0.408 e. The summed E-state index contributed by atoms with van der Waals surface area (Å²) in [4.78, 5) is 24.7. The lowest BCUT2D eigenvalue weighted by Gasteiger charge is -2.12. The minimum absolute atomic E-state index is 0.267. The third-order valence-electron chi connectivity index (χ3n) is 4.41. The number of aromatic nitrogens is 3. The fraction of sp³-hybridized carbons (Fsp3) is 0.150. The Hall–Kier alpha value is -3.61. The minimum Gasteiger partial charge on any atom is -0.408 e. The molecule has 0 aliphatic heterocycles. The summed E-state index contributed by atoms with van der Waals surface area (Å²) in [5.41, 5.74) is 2.87. The van der Waals surface area contributed by atoms with E-state index in [1.165, 1.54) is 4.57 Å². The lowest BCUT2D eigenvalue weighted by atomic mass is 10.2. The summed E-state index contributed by atoms with van der Waals surface area (Å²) in [7, 11) is 0. The van der Waals surface area contributed by atoms with Crippen LogP contribution in [-0.4, -0.2) is 20.3 Å². The van der Waals surface area contributed by atoms with Crippen LogP contribution in [0.5, 0.6) is 0 Å². The van der Waals surface area contributed by atoms with E-state index in [0.717, 1.165) is 11.3 Å². The van der Waals surface area contributed by atoms with Gasteiger partial charge in [0.15, 0.2) is 5.58 Å². The van der Waals surface area contributed by atoms with Gasteiger partial charge in [0.25, 0.3) is 0 Å². The molecule has 7 nitrogen and oxygen atoms in total. The Bertz CT molecular complexity index is 1140. The zero-order valence-electron chi connectivity index (χ0n) is 14.7. The van der Waals surface area contributed by atoms with Gasteiger partial charge < -0.3 is 9.73 Å². The maximum absolute atomic E-state index is 12.5. The highest BCUT2D eigenvalue weighted by Crippen LogP contribution is 2.16. The fourth-order valence-electron chi connectivity index (χ4n) is 2.98. The van der Waals surface area contributed by atoms with Crippen molar-refractivity contribution in [3.8, 4) is 5.69 Å². The molecule has 0 bridgehead atoms. The van der Waals surface area contributed by atoms with E-state index < -0.39 is 11.8 Å². The first-order chi connectivity index (χ1) is 13.1. The molecule has 0 fully saturated rings. The van der Waals surface area contributed by atoms with Gasteiger partial charge in [-0.05, 0) is 31.2 Å². The van der Waals surface area contributed by atoms with Crippen molar-refractivity contribution < 1.29 is 9.21 Å². The van der Waals surface area contributed by atoms with Crippen molar-refractivity contribution >= 4 is 17.0 Å². The van der Waals surface area contributed by atoms with Crippen LogP contribution < -0.4 is 11.1 Å². The summed E-state index contributed by atoms with van der Waals surface area (Å²) in [6.07, 6.45) is 3.57. The van der Waals surface area contributed by atoms with Gasteiger partial charge >= 0.3 is 5.76 Å². The van der Waals surface area contributed by atoms with Crippen molar-refractivity contribution in [3.05, 3.63) is 83.1 Å². The molecule has 1 unspecified atom stereocenters. The molecule has 0 aliphatic rings. The molecule has 136 valence electrons. The molecule has 1 amide bonds. The van der Waals surface area contributed by atoms with E-state index in [4.69, 9.17) is 4.42 Å². The van der Waals surface area contributed by atoms with E-state index in [2.05, 4.69) is 10.4 Å². The van der Waals surface area contributed by atoms with Crippen LogP contribution in [-0.2, 0) is 11.3 Å². The van der Waals surface area contributed by atoms with Crippen molar-refractivity contribution in [2.75, 3.05) is 0 Å². The SMILES string of the molecule is CC(C(=O)NCc1cnn(-c2ccccc2)c1)n1c(=O)oc2ccccc21. The van der Waals surface area contributed by atoms with Crippen LogP contribution in [0.4, 0.5) is 0 Å². The molecule has 27 heavy (non-hydrogen) atoms. The number of nitrogens with one attached hydrogen (secondary N) is 1. The predicted octanol–water partition coefficient (Wildman–Crippen LogP) is 2.66. The second-order valence-electron chi connectivity index (χ2n) is 6.23. The molecule has 0 radical (unpaired) electrons. The number of benzene rings is 2. The van der Waals surface area contributed by atoms with Crippen LogP contribution in [0.25, 0.3) is 16.8 Å². The predicted molar refractivity (Wildman–Crippen MR) is 101 cm³/mol. The van der Waals surface area contributed by atoms with Crippen molar-refractivity contribution in [2.24, 2.45) is 0 Å². The Morgan fingerprint density at radius 2 is 1.89 bits per heavy atom. The Morgan fingerprint density at radius 1 is 1.15 bits per heavy atom. The van der Waals surface area contributed by atoms with Crippen molar-refractivity contribution in [1.82, 2.24) is 19.7 Å². The first-order valence-corrected chi connectivity index (χ1v) is 8.60. The zero-order valence-corrected chi connectivity index (χ0v) is 14.7. The van der Waals surface area contributed by atoms with Gasteiger partial charge in [0, 0.05) is 18.3 Å². The number of rotatable bonds is 5. The normalized spacial score (nSPS) is 12.2. The van der Waals surface area contributed by atoms with E-state index in [-0.39, 0.29) is 5.91 Å². The number of para-hydroxylation sites is 3. The second-order valence-corrected chi connectivity index (χ2v) is 6.23. The molecule has 0 saturated heterocycles.